The van der Waals surface area contributed by atoms with Crippen LogP contribution in [0.15, 0.2) is 90.0 Å². The summed E-state index contributed by atoms with van der Waals surface area (Å²) in [7, 11) is 1.60. The predicted molar refractivity (Wildman–Crippen MR) is 133 cm³/mol. The summed E-state index contributed by atoms with van der Waals surface area (Å²) in [6, 6.07) is 23.9. The number of aromatic nitrogens is 5. The quantitative estimate of drug-likeness (QED) is 0.360. The van der Waals surface area contributed by atoms with Crippen molar-refractivity contribution in [2.24, 2.45) is 0 Å². The van der Waals surface area contributed by atoms with Gasteiger partial charge in [-0.2, -0.15) is 0 Å². The van der Waals surface area contributed by atoms with Gasteiger partial charge in [-0.05, 0) is 54.1 Å². The molecule has 0 spiro atoms. The highest BCUT2D eigenvalue weighted by Gasteiger charge is 2.14. The van der Waals surface area contributed by atoms with Crippen LogP contribution in [0.25, 0.3) is 11.2 Å². The summed E-state index contributed by atoms with van der Waals surface area (Å²) in [4.78, 5) is 29.8. The molecule has 0 fully saturated rings. The maximum absolute atomic E-state index is 12.9. The summed E-state index contributed by atoms with van der Waals surface area (Å²) in [6.07, 6.45) is 1.33. The first-order chi connectivity index (χ1) is 17.6. The van der Waals surface area contributed by atoms with E-state index in [4.69, 9.17) is 9.47 Å². The number of fused-ring (bicyclic) bond motifs is 1. The lowest BCUT2D eigenvalue weighted by molar-refractivity contribution is -0.116. The Kier molecular flexibility index (Phi) is 6.39. The molecule has 0 aliphatic heterocycles. The van der Waals surface area contributed by atoms with Crippen molar-refractivity contribution in [2.75, 3.05) is 12.4 Å². The average Bonchev–Trinajstić information content (AvgIpc) is 3.31. The lowest BCUT2D eigenvalue weighted by atomic mass is 10.2. The zero-order valence-corrected chi connectivity index (χ0v) is 19.4. The van der Waals surface area contributed by atoms with Crippen molar-refractivity contribution in [1.29, 1.82) is 0 Å². The van der Waals surface area contributed by atoms with Gasteiger partial charge in [0.05, 0.1) is 13.7 Å². The molecule has 0 unspecified atom stereocenters. The maximum atomic E-state index is 12.9. The third-order valence-corrected chi connectivity index (χ3v) is 5.39. The smallest absolute Gasteiger partial charge is 0.283 e. The molecule has 2 aromatic heterocycles. The molecule has 2 heterocycles. The van der Waals surface area contributed by atoms with Gasteiger partial charge in [0.15, 0.2) is 11.2 Å². The number of nitrogens with zero attached hydrogens (tertiary/aromatic N) is 5. The number of benzene rings is 3. The second kappa shape index (κ2) is 10.1. The number of amides is 1. The Hall–Kier alpha value is -4.99. The largest absolute Gasteiger partial charge is 0.497 e. The lowest BCUT2D eigenvalue weighted by Crippen LogP contribution is -2.28. The third-order valence-electron chi connectivity index (χ3n) is 5.39. The van der Waals surface area contributed by atoms with Gasteiger partial charge in [-0.15, -0.1) is 5.10 Å². The molecule has 0 atom stereocenters. The summed E-state index contributed by atoms with van der Waals surface area (Å²) in [5.74, 6) is 1.70. The number of ether oxygens (including phenoxy) is 2. The molecule has 0 aliphatic carbocycles. The average molecular weight is 483 g/mol. The van der Waals surface area contributed by atoms with E-state index in [1.165, 1.54) is 15.6 Å². The minimum atomic E-state index is -0.446. The molecule has 0 saturated heterocycles. The minimum Gasteiger partial charge on any atom is -0.497 e. The third kappa shape index (κ3) is 5.07. The first kappa shape index (κ1) is 22.8. The van der Waals surface area contributed by atoms with Gasteiger partial charge in [0, 0.05) is 5.69 Å². The molecule has 36 heavy (non-hydrogen) atoms. The zero-order valence-electron chi connectivity index (χ0n) is 19.4. The summed E-state index contributed by atoms with van der Waals surface area (Å²) < 4.78 is 13.7. The topological polar surface area (TPSA) is 113 Å². The van der Waals surface area contributed by atoms with E-state index in [1.807, 2.05) is 54.6 Å². The summed E-state index contributed by atoms with van der Waals surface area (Å²) in [6.45, 7) is 0.154. The van der Waals surface area contributed by atoms with Crippen LogP contribution in [0.1, 0.15) is 5.56 Å². The first-order valence-electron chi connectivity index (χ1n) is 11.1. The van der Waals surface area contributed by atoms with E-state index in [-0.39, 0.29) is 18.0 Å². The van der Waals surface area contributed by atoms with Crippen molar-refractivity contribution in [3.63, 3.8) is 0 Å². The Morgan fingerprint density at radius 3 is 2.47 bits per heavy atom. The summed E-state index contributed by atoms with van der Waals surface area (Å²) in [5, 5.41) is 10.8. The second-order valence-electron chi connectivity index (χ2n) is 7.94. The van der Waals surface area contributed by atoms with E-state index in [0.717, 1.165) is 17.1 Å². The molecular weight excluding hydrogens is 460 g/mol. The summed E-state index contributed by atoms with van der Waals surface area (Å²) in [5.41, 5.74) is 1.49. The molecule has 10 heteroatoms. The zero-order chi connectivity index (χ0) is 24.9. The van der Waals surface area contributed by atoms with Gasteiger partial charge in [-0.25, -0.2) is 9.67 Å². The van der Waals surface area contributed by atoms with E-state index in [2.05, 4.69) is 20.6 Å². The predicted octanol–water partition coefficient (Wildman–Crippen LogP) is 3.48. The Morgan fingerprint density at radius 2 is 1.69 bits per heavy atom. The number of rotatable bonds is 8. The Labute approximate surface area is 205 Å². The monoisotopic (exact) mass is 482 g/mol. The normalized spacial score (nSPS) is 10.8. The molecule has 5 rings (SSSR count). The van der Waals surface area contributed by atoms with Gasteiger partial charge in [0.25, 0.3) is 5.56 Å². The molecule has 10 nitrogen and oxygen atoms in total. The number of nitrogens with one attached hydrogen (secondary N) is 1. The van der Waals surface area contributed by atoms with Crippen molar-refractivity contribution in [3.8, 4) is 17.2 Å². The van der Waals surface area contributed by atoms with Crippen LogP contribution in [-0.4, -0.2) is 37.6 Å². The Bertz CT molecular complexity index is 1560. The fourth-order valence-electron chi connectivity index (χ4n) is 3.64. The van der Waals surface area contributed by atoms with Gasteiger partial charge >= 0.3 is 0 Å². The van der Waals surface area contributed by atoms with Crippen LogP contribution < -0.4 is 20.3 Å². The fourth-order valence-corrected chi connectivity index (χ4v) is 3.64. The van der Waals surface area contributed by atoms with Crippen molar-refractivity contribution in [3.05, 3.63) is 101 Å². The summed E-state index contributed by atoms with van der Waals surface area (Å²) >= 11 is 0. The van der Waals surface area contributed by atoms with Crippen LogP contribution >= 0.6 is 0 Å². The van der Waals surface area contributed by atoms with Crippen molar-refractivity contribution in [2.45, 2.75) is 13.1 Å². The fraction of sp³-hybridized carbons (Fsp3) is 0.115. The van der Waals surface area contributed by atoms with E-state index >= 15 is 0 Å². The van der Waals surface area contributed by atoms with Crippen LogP contribution in [0.3, 0.4) is 0 Å². The van der Waals surface area contributed by atoms with Crippen molar-refractivity contribution >= 4 is 22.8 Å². The minimum absolute atomic E-state index is 0.0932. The van der Waals surface area contributed by atoms with Crippen molar-refractivity contribution < 1.29 is 14.3 Å². The molecule has 0 radical (unpaired) electrons. The molecule has 180 valence electrons. The van der Waals surface area contributed by atoms with E-state index < -0.39 is 5.56 Å². The molecule has 0 saturated carbocycles. The van der Waals surface area contributed by atoms with Crippen LogP contribution in [-0.2, 0) is 17.9 Å². The highest BCUT2D eigenvalue weighted by atomic mass is 16.5. The van der Waals surface area contributed by atoms with Crippen LogP contribution in [0.2, 0.25) is 0 Å². The van der Waals surface area contributed by atoms with Gasteiger partial charge in [-0.1, -0.05) is 35.5 Å². The highest BCUT2D eigenvalue weighted by molar-refractivity contribution is 5.90. The molecule has 5 aromatic rings. The molecular formula is C26H22N6O4. The molecule has 3 aromatic carbocycles. The van der Waals surface area contributed by atoms with E-state index in [1.54, 1.807) is 31.4 Å². The van der Waals surface area contributed by atoms with Gasteiger partial charge in [0.1, 0.15) is 30.1 Å². The highest BCUT2D eigenvalue weighted by Crippen LogP contribution is 2.22. The SMILES string of the molecule is COc1cccc(Cn2nnc3c(=O)n(CC(=O)Nc4ccc(Oc5ccccc5)cc4)cnc32)c1. The van der Waals surface area contributed by atoms with Crippen LogP contribution in [0.5, 0.6) is 17.2 Å². The molecule has 1 amide bonds. The maximum Gasteiger partial charge on any atom is 0.283 e. The number of methoxy groups -OCH3 is 1. The number of para-hydroxylation sites is 1. The number of carbonyl (C=O) groups excluding carboxylic acids is 1. The number of hydrogen-bond acceptors (Lipinski definition) is 7. The lowest BCUT2D eigenvalue weighted by Gasteiger charge is -2.09. The van der Waals surface area contributed by atoms with E-state index in [9.17, 15) is 9.59 Å². The van der Waals surface area contributed by atoms with Gasteiger partial charge in [-0.3, -0.25) is 14.2 Å². The molecule has 0 bridgehead atoms. The Balaban J connectivity index is 1.25. The number of anilines is 1. The Morgan fingerprint density at radius 1 is 0.944 bits per heavy atom. The molecule has 0 aliphatic rings. The number of carbonyl (C=O) groups is 1. The van der Waals surface area contributed by atoms with Crippen LogP contribution in [0, 0.1) is 0 Å². The van der Waals surface area contributed by atoms with Crippen LogP contribution in [0.4, 0.5) is 5.69 Å². The number of hydrogen-bond donors (Lipinski definition) is 1. The van der Waals surface area contributed by atoms with Gasteiger partial charge in [0.2, 0.25) is 5.91 Å². The molecule has 1 N–H and O–H groups in total. The first-order valence-corrected chi connectivity index (χ1v) is 11.1. The van der Waals surface area contributed by atoms with Gasteiger partial charge < -0.3 is 14.8 Å². The van der Waals surface area contributed by atoms with Crippen molar-refractivity contribution in [1.82, 2.24) is 24.5 Å². The standard InChI is InChI=1S/C26H22N6O4/c1-35-22-9-5-6-18(14-22)15-32-25-24(29-30-32)26(34)31(17-27-25)16-23(33)28-19-10-12-21(13-11-19)36-20-7-3-2-4-8-20/h2-14,17H,15-16H2,1H3,(H,28,33). The van der Waals surface area contributed by atoms with E-state index in [0.29, 0.717) is 23.6 Å². The second-order valence-corrected chi connectivity index (χ2v) is 7.94.